The molecular formula is C21H24N6O4S. The number of hydrogen-bond donors (Lipinski definition) is 0. The summed E-state index contributed by atoms with van der Waals surface area (Å²) in [4.78, 5) is 30.4. The van der Waals surface area contributed by atoms with Gasteiger partial charge in [-0.15, -0.1) is 16.4 Å². The maximum atomic E-state index is 12.3. The van der Waals surface area contributed by atoms with Crippen molar-refractivity contribution in [3.63, 3.8) is 0 Å². The van der Waals surface area contributed by atoms with Gasteiger partial charge in [0.25, 0.3) is 0 Å². The molecule has 4 rings (SSSR count). The van der Waals surface area contributed by atoms with Crippen molar-refractivity contribution in [2.24, 2.45) is 0 Å². The summed E-state index contributed by atoms with van der Waals surface area (Å²) in [5.41, 5.74) is 0.724. The third-order valence-electron chi connectivity index (χ3n) is 5.19. The van der Waals surface area contributed by atoms with E-state index in [1.54, 1.807) is 23.2 Å². The molecule has 1 atom stereocenters. The van der Waals surface area contributed by atoms with Gasteiger partial charge in [0.1, 0.15) is 24.2 Å². The number of aromatic nitrogens is 5. The number of likely N-dealkylation sites (tertiary alicyclic amines) is 1. The van der Waals surface area contributed by atoms with Crippen molar-refractivity contribution in [2.45, 2.75) is 38.3 Å². The van der Waals surface area contributed by atoms with E-state index in [4.69, 9.17) is 14.5 Å². The zero-order chi connectivity index (χ0) is 22.3. The highest BCUT2D eigenvalue weighted by Crippen LogP contribution is 2.33. The Hall–Kier alpha value is -3.34. The van der Waals surface area contributed by atoms with Gasteiger partial charge in [-0.25, -0.2) is 4.98 Å². The summed E-state index contributed by atoms with van der Waals surface area (Å²) < 4.78 is 12.5. The molecule has 0 saturated carbocycles. The predicted octanol–water partition coefficient (Wildman–Crippen LogP) is 2.41. The summed E-state index contributed by atoms with van der Waals surface area (Å²) in [6.45, 7) is 3.19. The number of carbonyl (C=O) groups excluding carboxylic acids is 2. The summed E-state index contributed by atoms with van der Waals surface area (Å²) in [7, 11) is 0. The molecule has 3 heterocycles. The van der Waals surface area contributed by atoms with E-state index in [9.17, 15) is 9.59 Å². The number of piperidine rings is 1. The van der Waals surface area contributed by atoms with E-state index < -0.39 is 12.2 Å². The third-order valence-corrected chi connectivity index (χ3v) is 6.21. The lowest BCUT2D eigenvalue weighted by atomic mass is 9.97. The summed E-state index contributed by atoms with van der Waals surface area (Å²) in [6.07, 6.45) is 2.29. The van der Waals surface area contributed by atoms with Crippen LogP contribution >= 0.6 is 11.3 Å². The largest absolute Gasteiger partial charge is 0.466 e. The minimum atomic E-state index is -0.580. The van der Waals surface area contributed by atoms with Gasteiger partial charge >= 0.3 is 5.97 Å². The molecule has 168 valence electrons. The number of nitrogens with zero attached hydrogens (tertiary/aromatic N) is 6. The Labute approximate surface area is 189 Å². The molecule has 1 unspecified atom stereocenters. The maximum Gasteiger partial charge on any atom is 0.315 e. The van der Waals surface area contributed by atoms with Crippen LogP contribution in [0.15, 0.2) is 42.0 Å². The first-order chi connectivity index (χ1) is 15.6. The molecule has 0 bridgehead atoms. The second-order valence-electron chi connectivity index (χ2n) is 7.32. The van der Waals surface area contributed by atoms with Gasteiger partial charge in [0, 0.05) is 24.4 Å². The van der Waals surface area contributed by atoms with Gasteiger partial charge in [-0.1, -0.05) is 18.2 Å². The van der Waals surface area contributed by atoms with Crippen LogP contribution in [0.25, 0.3) is 0 Å². The van der Waals surface area contributed by atoms with E-state index in [0.29, 0.717) is 18.8 Å². The molecule has 0 spiro atoms. The monoisotopic (exact) mass is 456 g/mol. The topological polar surface area (TPSA) is 112 Å². The van der Waals surface area contributed by atoms with Gasteiger partial charge in [-0.05, 0) is 42.3 Å². The number of esters is 1. The first-order valence-electron chi connectivity index (χ1n) is 10.5. The van der Waals surface area contributed by atoms with Crippen LogP contribution in [0.1, 0.15) is 49.0 Å². The van der Waals surface area contributed by atoms with E-state index >= 15 is 0 Å². The molecule has 1 fully saturated rings. The number of tetrazole rings is 1. The van der Waals surface area contributed by atoms with Crippen LogP contribution in [0.5, 0.6) is 5.75 Å². The quantitative estimate of drug-likeness (QED) is 0.375. The van der Waals surface area contributed by atoms with Crippen molar-refractivity contribution in [3.05, 3.63) is 52.7 Å². The molecule has 0 aliphatic carbocycles. The third kappa shape index (κ3) is 5.28. The molecule has 32 heavy (non-hydrogen) atoms. The van der Waals surface area contributed by atoms with Crippen LogP contribution in [-0.2, 0) is 14.3 Å². The van der Waals surface area contributed by atoms with Gasteiger partial charge in [0.05, 0.1) is 11.6 Å². The normalized spacial score (nSPS) is 15.3. The Morgan fingerprint density at radius 1 is 1.22 bits per heavy atom. The molecule has 10 nitrogen and oxygen atoms in total. The van der Waals surface area contributed by atoms with Gasteiger partial charge in [-0.3, -0.25) is 9.59 Å². The van der Waals surface area contributed by atoms with Crippen LogP contribution in [0.3, 0.4) is 0 Å². The van der Waals surface area contributed by atoms with E-state index in [1.807, 2.05) is 35.7 Å². The van der Waals surface area contributed by atoms with Crippen molar-refractivity contribution in [1.29, 1.82) is 0 Å². The Kier molecular flexibility index (Phi) is 7.05. The van der Waals surface area contributed by atoms with Crippen molar-refractivity contribution in [1.82, 2.24) is 30.1 Å². The Bertz CT molecular complexity index is 1020. The number of ether oxygens (including phenoxy) is 2. The lowest BCUT2D eigenvalue weighted by molar-refractivity contribution is -0.149. The molecule has 0 N–H and O–H groups in total. The van der Waals surface area contributed by atoms with Crippen LogP contribution < -0.4 is 4.74 Å². The minimum absolute atomic E-state index is 0.184. The molecule has 1 saturated heterocycles. The van der Waals surface area contributed by atoms with Crippen LogP contribution in [0.2, 0.25) is 0 Å². The smallest absolute Gasteiger partial charge is 0.315 e. The summed E-state index contributed by atoms with van der Waals surface area (Å²) in [5, 5.41) is 14.4. The first-order valence-corrected chi connectivity index (χ1v) is 11.3. The average Bonchev–Trinajstić information content (AvgIpc) is 3.51. The van der Waals surface area contributed by atoms with Crippen molar-refractivity contribution in [3.8, 4) is 5.75 Å². The number of carbonyl (C=O) groups is 2. The van der Waals surface area contributed by atoms with E-state index in [2.05, 4.69) is 15.5 Å². The zero-order valence-corrected chi connectivity index (χ0v) is 18.5. The number of thiazole rings is 1. The zero-order valence-electron chi connectivity index (χ0n) is 17.7. The highest BCUT2D eigenvalue weighted by molar-refractivity contribution is 7.09. The number of hydrogen-bond acceptors (Lipinski definition) is 9. The van der Waals surface area contributed by atoms with E-state index in [1.165, 1.54) is 11.0 Å². The summed E-state index contributed by atoms with van der Waals surface area (Å²) in [5.74, 6) is 0.274. The molecule has 2 aromatic heterocycles. The van der Waals surface area contributed by atoms with Crippen molar-refractivity contribution >= 4 is 23.2 Å². The second kappa shape index (κ2) is 10.3. The highest BCUT2D eigenvalue weighted by atomic mass is 32.1. The van der Waals surface area contributed by atoms with Crippen LogP contribution in [0.4, 0.5) is 0 Å². The molecule has 1 aromatic carbocycles. The van der Waals surface area contributed by atoms with Crippen molar-refractivity contribution < 1.29 is 19.1 Å². The molecule has 1 aliphatic rings. The van der Waals surface area contributed by atoms with Gasteiger partial charge in [0.2, 0.25) is 12.1 Å². The van der Waals surface area contributed by atoms with Gasteiger partial charge in [-0.2, -0.15) is 4.68 Å². The lowest BCUT2D eigenvalue weighted by Crippen LogP contribution is -2.39. The Balaban J connectivity index is 1.40. The first kappa shape index (κ1) is 21.9. The average molecular weight is 457 g/mol. The molecule has 11 heteroatoms. The fourth-order valence-corrected chi connectivity index (χ4v) is 4.58. The Morgan fingerprint density at radius 2 is 2.00 bits per heavy atom. The lowest BCUT2D eigenvalue weighted by Gasteiger charge is -2.31. The standard InChI is InChI=1S/C21H24N6O4S/c1-2-30-19(29)12-18(28)26-10-8-15(9-11-26)20-23-17(13-32-20)21(27-14-22-24-25-27)31-16-6-4-3-5-7-16/h3-7,13-15,21H,2,8-12H2,1H3. The molecule has 0 radical (unpaired) electrons. The second-order valence-corrected chi connectivity index (χ2v) is 8.21. The highest BCUT2D eigenvalue weighted by Gasteiger charge is 2.28. The van der Waals surface area contributed by atoms with E-state index in [0.717, 1.165) is 23.5 Å². The number of amides is 1. The number of rotatable bonds is 8. The molecule has 1 aliphatic heterocycles. The fourth-order valence-electron chi connectivity index (χ4n) is 3.58. The fraction of sp³-hybridized carbons (Fsp3) is 0.429. The molecular weight excluding hydrogens is 432 g/mol. The van der Waals surface area contributed by atoms with Crippen LogP contribution in [-0.4, -0.2) is 61.7 Å². The van der Waals surface area contributed by atoms with E-state index in [-0.39, 0.29) is 24.9 Å². The maximum absolute atomic E-state index is 12.3. The SMILES string of the molecule is CCOC(=O)CC(=O)N1CCC(c2nc(C(Oc3ccccc3)n3cnnn3)cs2)CC1. The van der Waals surface area contributed by atoms with Gasteiger partial charge in [0.15, 0.2) is 0 Å². The molecule has 1 amide bonds. The van der Waals surface area contributed by atoms with Crippen LogP contribution in [0, 0.1) is 0 Å². The predicted molar refractivity (Wildman–Crippen MR) is 115 cm³/mol. The summed E-state index contributed by atoms with van der Waals surface area (Å²) >= 11 is 1.57. The van der Waals surface area contributed by atoms with Gasteiger partial charge < -0.3 is 14.4 Å². The Morgan fingerprint density at radius 3 is 2.69 bits per heavy atom. The van der Waals surface area contributed by atoms with Crippen molar-refractivity contribution in [2.75, 3.05) is 19.7 Å². The minimum Gasteiger partial charge on any atom is -0.466 e. The number of benzene rings is 1. The summed E-state index contributed by atoms with van der Waals surface area (Å²) in [6, 6.07) is 9.45. The number of para-hydroxylation sites is 1. The molecule has 3 aromatic rings.